The number of unbranched alkanes of at least 4 members (excludes halogenated alkanes) is 7. The van der Waals surface area contributed by atoms with E-state index >= 15 is 0 Å². The first-order valence-electron chi connectivity index (χ1n) is 34.1. The van der Waals surface area contributed by atoms with Gasteiger partial charge < -0.3 is 27.9 Å². The number of ether oxygens (including phenoxy) is 2. The summed E-state index contributed by atoms with van der Waals surface area (Å²) >= 11 is 0. The first kappa shape index (κ1) is 84.1. The molecule has 9 nitrogen and oxygen atoms in total. The fourth-order valence-corrected chi connectivity index (χ4v) is 8.76. The molecule has 90 heavy (non-hydrogen) atoms. The smallest absolute Gasteiger partial charge is 0.306 e. The summed E-state index contributed by atoms with van der Waals surface area (Å²) in [7, 11) is 1.09. The molecular weight excluding hydrogens is 1130 g/mol. The number of hydrogen-bond acceptors (Lipinski definition) is 8. The van der Waals surface area contributed by atoms with E-state index < -0.39 is 32.5 Å². The summed E-state index contributed by atoms with van der Waals surface area (Å²) in [5, 5.41) is 0. The maximum Gasteiger partial charge on any atom is 0.306 e. The molecule has 500 valence electrons. The molecule has 0 aromatic heterocycles. The summed E-state index contributed by atoms with van der Waals surface area (Å²) in [4.78, 5) is 38.0. The molecule has 0 spiro atoms. The Morgan fingerprint density at radius 3 is 0.889 bits per heavy atom. The van der Waals surface area contributed by atoms with Gasteiger partial charge in [-0.05, 0) is 161 Å². The van der Waals surface area contributed by atoms with Crippen molar-refractivity contribution in [1.82, 2.24) is 0 Å². The summed E-state index contributed by atoms with van der Waals surface area (Å²) in [6, 6.07) is 0. The van der Waals surface area contributed by atoms with Crippen LogP contribution in [0.5, 0.6) is 0 Å². The average molecular weight is 1260 g/mol. The second-order valence-corrected chi connectivity index (χ2v) is 24.1. The Bertz CT molecular complexity index is 2370. The largest absolute Gasteiger partial charge is 0.756 e. The van der Waals surface area contributed by atoms with E-state index in [1.165, 1.54) is 0 Å². The molecule has 0 N–H and O–H groups in total. The predicted octanol–water partition coefficient (Wildman–Crippen LogP) is 22.0. The van der Waals surface area contributed by atoms with Gasteiger partial charge in [0.1, 0.15) is 19.8 Å². The second-order valence-electron chi connectivity index (χ2n) is 22.7. The van der Waals surface area contributed by atoms with Gasteiger partial charge in [0.05, 0.1) is 27.7 Å². The summed E-state index contributed by atoms with van der Waals surface area (Å²) in [5.41, 5.74) is 0. The van der Waals surface area contributed by atoms with Crippen molar-refractivity contribution in [2.75, 3.05) is 47.5 Å². The highest BCUT2D eigenvalue weighted by atomic mass is 31.2. The van der Waals surface area contributed by atoms with Gasteiger partial charge in [0, 0.05) is 12.8 Å². The maximum atomic E-state index is 12.8. The molecule has 0 aliphatic rings. The molecule has 2 unspecified atom stereocenters. The van der Waals surface area contributed by atoms with Crippen molar-refractivity contribution < 1.29 is 42.1 Å². The lowest BCUT2D eigenvalue weighted by Crippen LogP contribution is -2.37. The van der Waals surface area contributed by atoms with Crippen LogP contribution in [0.3, 0.4) is 0 Å². The minimum Gasteiger partial charge on any atom is -0.756 e. The van der Waals surface area contributed by atoms with Gasteiger partial charge in [-0.1, -0.05) is 264 Å². The SMILES string of the molecule is CC/C=C\C/C=C\C/C=C\C/C=C\C/C=C\C/C=C\C/C=C\C/C=C\C/C=C\C/C=C\C/C=C\CCCCCC(=O)OC(COC(=O)CCCCCC/C=C\C/C=C\C/C=C\C/C=C\C/C=C\C/C=C\C/C=C\C/C=C\CC)COP(=O)([O-])OCC[N+](C)(C)C. The molecule has 0 aliphatic heterocycles. The number of carbonyl (C=O) groups is 2. The van der Waals surface area contributed by atoms with Crippen molar-refractivity contribution in [2.24, 2.45) is 0 Å². The van der Waals surface area contributed by atoms with Crippen LogP contribution in [0.2, 0.25) is 0 Å². The standard InChI is InChI=1S/C80H122NO8P/c1-6-8-10-12-14-16-18-20-22-24-26-28-30-32-34-36-37-38-39-40-41-42-43-45-47-49-51-53-55-57-59-61-63-65-67-69-71-73-80(83)89-78(77-88-90(84,85)87-75-74-81(3,4)5)76-86-79(82)72-70-68-66-64-62-60-58-56-54-52-50-48-46-44-35-33-31-29-27-25-23-21-19-17-15-13-11-9-7-2/h8-11,14-17,20-23,26-29,32-35,37-38,40-41,43,45-46,48-49,51-52,54-55,57-58,60-61,63,78H,6-7,12-13,18-19,24-25,30-31,36,39,42,44,47,50,53,56,59,62,64-77H2,1-5H3/b10-8-,11-9-,16-14-,17-15-,22-20-,23-21-,28-26-,29-27-,34-32-,35-33-,38-37-,41-40-,45-43-,48-46-,51-49-,54-52-,57-55-,60-58-,63-61-. The maximum absolute atomic E-state index is 12.8. The van der Waals surface area contributed by atoms with Gasteiger partial charge in [0.15, 0.2) is 6.10 Å². The number of esters is 2. The van der Waals surface area contributed by atoms with Crippen molar-refractivity contribution in [1.29, 1.82) is 0 Å². The molecule has 0 radical (unpaired) electrons. The molecule has 10 heteroatoms. The van der Waals surface area contributed by atoms with E-state index in [1.54, 1.807) is 0 Å². The second kappa shape index (κ2) is 67.5. The lowest BCUT2D eigenvalue weighted by Gasteiger charge is -2.28. The van der Waals surface area contributed by atoms with E-state index in [1.807, 2.05) is 21.1 Å². The molecule has 0 amide bonds. The highest BCUT2D eigenvalue weighted by Gasteiger charge is 2.22. The molecular formula is C80H122NO8P. The zero-order valence-electron chi connectivity index (χ0n) is 56.7. The van der Waals surface area contributed by atoms with E-state index in [0.29, 0.717) is 23.9 Å². The van der Waals surface area contributed by atoms with Crippen LogP contribution in [-0.4, -0.2) is 70.0 Å². The average Bonchev–Trinajstić information content (AvgIpc) is 3.58. The van der Waals surface area contributed by atoms with Crippen LogP contribution in [0.25, 0.3) is 0 Å². The Labute approximate surface area is 550 Å². The van der Waals surface area contributed by atoms with Gasteiger partial charge in [-0.3, -0.25) is 14.2 Å². The third-order valence-electron chi connectivity index (χ3n) is 13.2. The number of quaternary nitrogens is 1. The number of phosphoric acid groups is 1. The number of rotatable bonds is 59. The van der Waals surface area contributed by atoms with E-state index in [4.69, 9.17) is 18.5 Å². The quantitative estimate of drug-likeness (QED) is 0.0195. The van der Waals surface area contributed by atoms with Crippen LogP contribution in [0.1, 0.15) is 206 Å². The Balaban J connectivity index is 4.31. The summed E-state index contributed by atoms with van der Waals surface area (Å²) in [5.74, 6) is -0.924. The summed E-state index contributed by atoms with van der Waals surface area (Å²) < 4.78 is 34.2. The molecule has 0 aromatic carbocycles. The first-order valence-corrected chi connectivity index (χ1v) is 35.6. The lowest BCUT2D eigenvalue weighted by atomic mass is 10.1. The minimum absolute atomic E-state index is 0.0566. The highest BCUT2D eigenvalue weighted by Crippen LogP contribution is 2.38. The lowest BCUT2D eigenvalue weighted by molar-refractivity contribution is -0.870. The Kier molecular flexibility index (Phi) is 63.0. The van der Waals surface area contributed by atoms with Crippen molar-refractivity contribution in [2.45, 2.75) is 213 Å². The zero-order valence-corrected chi connectivity index (χ0v) is 57.6. The van der Waals surface area contributed by atoms with E-state index in [9.17, 15) is 19.0 Å². The van der Waals surface area contributed by atoms with Gasteiger partial charge in [-0.2, -0.15) is 0 Å². The Hall–Kier alpha value is -5.93. The van der Waals surface area contributed by atoms with E-state index in [0.717, 1.165) is 167 Å². The zero-order chi connectivity index (χ0) is 65.5. The van der Waals surface area contributed by atoms with Crippen LogP contribution < -0.4 is 4.89 Å². The molecule has 2 atom stereocenters. The monoisotopic (exact) mass is 1260 g/mol. The Morgan fingerprint density at radius 1 is 0.344 bits per heavy atom. The van der Waals surface area contributed by atoms with Gasteiger partial charge in [-0.15, -0.1) is 0 Å². The van der Waals surface area contributed by atoms with E-state index in [-0.39, 0.29) is 26.1 Å². The topological polar surface area (TPSA) is 111 Å². The van der Waals surface area contributed by atoms with Gasteiger partial charge in [0.2, 0.25) is 0 Å². The minimum atomic E-state index is -4.68. The molecule has 0 saturated carbocycles. The normalized spacial score (nSPS) is 14.6. The summed E-state index contributed by atoms with van der Waals surface area (Å²) in [6.45, 7) is 3.90. The number of allylic oxidation sites excluding steroid dienone is 38. The van der Waals surface area contributed by atoms with Gasteiger partial charge in [0.25, 0.3) is 7.82 Å². The third kappa shape index (κ3) is 71.1. The summed E-state index contributed by atoms with van der Waals surface area (Å²) in [6.07, 6.45) is 110. The molecule has 0 fully saturated rings. The van der Waals surface area contributed by atoms with Crippen molar-refractivity contribution in [3.8, 4) is 0 Å². The molecule has 0 saturated heterocycles. The van der Waals surface area contributed by atoms with Gasteiger partial charge >= 0.3 is 11.9 Å². The highest BCUT2D eigenvalue weighted by molar-refractivity contribution is 7.45. The van der Waals surface area contributed by atoms with Gasteiger partial charge in [-0.25, -0.2) is 0 Å². The molecule has 0 heterocycles. The molecule has 0 aromatic rings. The number of phosphoric ester groups is 1. The van der Waals surface area contributed by atoms with Crippen LogP contribution in [0.4, 0.5) is 0 Å². The van der Waals surface area contributed by atoms with Crippen LogP contribution in [-0.2, 0) is 32.7 Å². The third-order valence-corrected chi connectivity index (χ3v) is 14.1. The van der Waals surface area contributed by atoms with Crippen LogP contribution in [0, 0.1) is 0 Å². The first-order chi connectivity index (χ1) is 44.0. The fourth-order valence-electron chi connectivity index (χ4n) is 8.03. The van der Waals surface area contributed by atoms with E-state index in [2.05, 4.69) is 245 Å². The molecule has 0 aliphatic carbocycles. The van der Waals surface area contributed by atoms with Crippen molar-refractivity contribution >= 4 is 19.8 Å². The number of hydrogen-bond donors (Lipinski definition) is 0. The predicted molar refractivity (Wildman–Crippen MR) is 387 cm³/mol. The number of carbonyl (C=O) groups excluding carboxylic acids is 2. The van der Waals surface area contributed by atoms with Crippen LogP contribution >= 0.6 is 7.82 Å². The number of nitrogens with zero attached hydrogens (tertiary/aromatic N) is 1. The molecule has 0 bridgehead atoms. The molecule has 0 rings (SSSR count). The van der Waals surface area contributed by atoms with Crippen molar-refractivity contribution in [3.05, 3.63) is 231 Å². The van der Waals surface area contributed by atoms with Crippen molar-refractivity contribution in [3.63, 3.8) is 0 Å². The Morgan fingerprint density at radius 2 is 0.600 bits per heavy atom. The number of likely N-dealkylation sites (N-methyl/N-ethyl adjacent to an activating group) is 1. The van der Waals surface area contributed by atoms with Crippen LogP contribution in [0.15, 0.2) is 231 Å². The fraction of sp³-hybridized carbons (Fsp3) is 0.500.